The molecule has 5 heteroatoms. The van der Waals surface area contributed by atoms with Crippen LogP contribution in [0.5, 0.6) is 0 Å². The third kappa shape index (κ3) is 4.33. The molecule has 3 rings (SSSR count). The molecule has 124 valence electrons. The standard InChI is InChI=1S/C20H19N5/c1-15-22-19(24-18-10-8-16(13-21)9-11-18)12-20(23-15)25(2)14-17-6-4-3-5-7-17/h3-12H,14H2,1-2H3,(H,22,23,24). The van der Waals surface area contributed by atoms with Gasteiger partial charge in [-0.25, -0.2) is 9.97 Å². The number of aromatic nitrogens is 2. The molecule has 1 N–H and O–H groups in total. The summed E-state index contributed by atoms with van der Waals surface area (Å²) < 4.78 is 0. The maximum absolute atomic E-state index is 8.88. The van der Waals surface area contributed by atoms with E-state index in [0.717, 1.165) is 23.9 Å². The Kier molecular flexibility index (Phi) is 4.91. The summed E-state index contributed by atoms with van der Waals surface area (Å²) in [6.45, 7) is 2.65. The molecule has 0 radical (unpaired) electrons. The molecule has 0 atom stereocenters. The molecule has 0 aliphatic heterocycles. The summed E-state index contributed by atoms with van der Waals surface area (Å²) >= 11 is 0. The second kappa shape index (κ2) is 7.45. The molecule has 0 fully saturated rings. The van der Waals surface area contributed by atoms with Crippen LogP contribution >= 0.6 is 0 Å². The molecule has 0 aliphatic carbocycles. The van der Waals surface area contributed by atoms with Crippen molar-refractivity contribution in [3.05, 3.63) is 77.6 Å². The van der Waals surface area contributed by atoms with Crippen LogP contribution in [-0.2, 0) is 6.54 Å². The van der Waals surface area contributed by atoms with Crippen LogP contribution in [0.15, 0.2) is 60.7 Å². The summed E-state index contributed by atoms with van der Waals surface area (Å²) in [6.07, 6.45) is 0. The van der Waals surface area contributed by atoms with Crippen LogP contribution in [0.4, 0.5) is 17.3 Å². The number of nitrogens with one attached hydrogen (secondary N) is 1. The van der Waals surface area contributed by atoms with Crippen molar-refractivity contribution in [2.45, 2.75) is 13.5 Å². The Morgan fingerprint density at radius 2 is 1.76 bits per heavy atom. The highest BCUT2D eigenvalue weighted by Gasteiger charge is 2.08. The second-order valence-electron chi connectivity index (χ2n) is 5.81. The molecule has 3 aromatic rings. The first-order valence-electron chi connectivity index (χ1n) is 8.02. The van der Waals surface area contributed by atoms with Crippen LogP contribution in [0, 0.1) is 18.3 Å². The highest BCUT2D eigenvalue weighted by atomic mass is 15.2. The Morgan fingerprint density at radius 3 is 2.44 bits per heavy atom. The molecular formula is C20H19N5. The minimum absolute atomic E-state index is 0.632. The van der Waals surface area contributed by atoms with Crippen LogP contribution in [0.1, 0.15) is 17.0 Å². The average molecular weight is 329 g/mol. The Morgan fingerprint density at radius 1 is 1.04 bits per heavy atom. The number of nitriles is 1. The van der Waals surface area contributed by atoms with Crippen molar-refractivity contribution in [1.29, 1.82) is 5.26 Å². The number of hydrogen-bond acceptors (Lipinski definition) is 5. The molecule has 0 spiro atoms. The van der Waals surface area contributed by atoms with E-state index in [1.807, 2.05) is 50.4 Å². The normalized spacial score (nSPS) is 10.1. The van der Waals surface area contributed by atoms with E-state index in [1.54, 1.807) is 12.1 Å². The quantitative estimate of drug-likeness (QED) is 0.765. The van der Waals surface area contributed by atoms with Crippen LogP contribution in [-0.4, -0.2) is 17.0 Å². The number of anilines is 3. The lowest BCUT2D eigenvalue weighted by Gasteiger charge is -2.19. The smallest absolute Gasteiger partial charge is 0.136 e. The topological polar surface area (TPSA) is 64.8 Å². The summed E-state index contributed by atoms with van der Waals surface area (Å²) in [6, 6.07) is 21.6. The molecule has 0 amide bonds. The average Bonchev–Trinajstić information content (AvgIpc) is 2.63. The molecule has 0 saturated carbocycles. The molecule has 1 aromatic heterocycles. The zero-order valence-electron chi connectivity index (χ0n) is 14.3. The highest BCUT2D eigenvalue weighted by Crippen LogP contribution is 2.20. The van der Waals surface area contributed by atoms with Crippen LogP contribution < -0.4 is 10.2 Å². The predicted molar refractivity (Wildman–Crippen MR) is 99.8 cm³/mol. The number of benzene rings is 2. The number of rotatable bonds is 5. The zero-order chi connectivity index (χ0) is 17.6. The molecule has 0 bridgehead atoms. The van der Waals surface area contributed by atoms with Crippen LogP contribution in [0.3, 0.4) is 0 Å². The summed E-state index contributed by atoms with van der Waals surface area (Å²) in [7, 11) is 2.01. The van der Waals surface area contributed by atoms with Crippen molar-refractivity contribution >= 4 is 17.3 Å². The van der Waals surface area contributed by atoms with Gasteiger partial charge in [-0.05, 0) is 36.8 Å². The zero-order valence-corrected chi connectivity index (χ0v) is 14.3. The van der Waals surface area contributed by atoms with Crippen molar-refractivity contribution in [3.63, 3.8) is 0 Å². The van der Waals surface area contributed by atoms with Gasteiger partial charge in [-0.1, -0.05) is 30.3 Å². The summed E-state index contributed by atoms with van der Waals surface area (Å²) in [5, 5.41) is 12.1. The molecule has 1 heterocycles. The predicted octanol–water partition coefficient (Wildman–Crippen LogP) is 4.04. The van der Waals surface area contributed by atoms with Crippen molar-refractivity contribution in [2.24, 2.45) is 0 Å². The third-order valence-electron chi connectivity index (χ3n) is 3.76. The van der Waals surface area contributed by atoms with Gasteiger partial charge in [-0.15, -0.1) is 0 Å². The Labute approximate surface area is 147 Å². The van der Waals surface area contributed by atoms with E-state index in [0.29, 0.717) is 11.4 Å². The molecule has 0 saturated heterocycles. The number of nitrogens with zero attached hydrogens (tertiary/aromatic N) is 4. The van der Waals surface area contributed by atoms with E-state index in [9.17, 15) is 0 Å². The van der Waals surface area contributed by atoms with Crippen LogP contribution in [0.25, 0.3) is 0 Å². The van der Waals surface area contributed by atoms with E-state index in [2.05, 4.69) is 38.4 Å². The number of hydrogen-bond donors (Lipinski definition) is 1. The Hall–Kier alpha value is -3.39. The molecule has 2 aromatic carbocycles. The van der Waals surface area contributed by atoms with E-state index in [-0.39, 0.29) is 0 Å². The monoisotopic (exact) mass is 329 g/mol. The SMILES string of the molecule is Cc1nc(Nc2ccc(C#N)cc2)cc(N(C)Cc2ccccc2)n1. The van der Waals surface area contributed by atoms with E-state index >= 15 is 0 Å². The van der Waals surface area contributed by atoms with Gasteiger partial charge in [0.15, 0.2) is 0 Å². The summed E-state index contributed by atoms with van der Waals surface area (Å²) in [5.74, 6) is 2.29. The van der Waals surface area contributed by atoms with E-state index in [4.69, 9.17) is 5.26 Å². The minimum atomic E-state index is 0.632. The first-order valence-corrected chi connectivity index (χ1v) is 8.02. The number of aryl methyl sites for hydroxylation is 1. The maximum atomic E-state index is 8.88. The van der Waals surface area contributed by atoms with Crippen molar-refractivity contribution < 1.29 is 0 Å². The second-order valence-corrected chi connectivity index (χ2v) is 5.81. The lowest BCUT2D eigenvalue weighted by molar-refractivity contribution is 0.880. The molecule has 25 heavy (non-hydrogen) atoms. The van der Waals surface area contributed by atoms with Crippen molar-refractivity contribution in [1.82, 2.24) is 9.97 Å². The van der Waals surface area contributed by atoms with Crippen molar-refractivity contribution in [2.75, 3.05) is 17.3 Å². The fourth-order valence-corrected chi connectivity index (χ4v) is 2.53. The van der Waals surface area contributed by atoms with E-state index in [1.165, 1.54) is 5.56 Å². The van der Waals surface area contributed by atoms with Crippen LogP contribution in [0.2, 0.25) is 0 Å². The van der Waals surface area contributed by atoms with Gasteiger partial charge in [0.1, 0.15) is 17.5 Å². The highest BCUT2D eigenvalue weighted by molar-refractivity contribution is 5.60. The molecular weight excluding hydrogens is 310 g/mol. The van der Waals surface area contributed by atoms with Gasteiger partial charge in [0.2, 0.25) is 0 Å². The third-order valence-corrected chi connectivity index (χ3v) is 3.76. The van der Waals surface area contributed by atoms with Gasteiger partial charge >= 0.3 is 0 Å². The summed E-state index contributed by atoms with van der Waals surface area (Å²) in [4.78, 5) is 11.1. The Bertz CT molecular complexity index is 882. The Balaban J connectivity index is 1.78. The van der Waals surface area contributed by atoms with E-state index < -0.39 is 0 Å². The van der Waals surface area contributed by atoms with Gasteiger partial charge in [0, 0.05) is 25.3 Å². The van der Waals surface area contributed by atoms with Gasteiger partial charge in [0.25, 0.3) is 0 Å². The molecule has 5 nitrogen and oxygen atoms in total. The van der Waals surface area contributed by atoms with Gasteiger partial charge < -0.3 is 10.2 Å². The van der Waals surface area contributed by atoms with Gasteiger partial charge in [-0.3, -0.25) is 0 Å². The molecule has 0 unspecified atom stereocenters. The minimum Gasteiger partial charge on any atom is -0.355 e. The fraction of sp³-hybridized carbons (Fsp3) is 0.150. The lowest BCUT2D eigenvalue weighted by Crippen LogP contribution is -2.18. The fourth-order valence-electron chi connectivity index (χ4n) is 2.53. The lowest BCUT2D eigenvalue weighted by atomic mass is 10.2. The van der Waals surface area contributed by atoms with Gasteiger partial charge in [-0.2, -0.15) is 5.26 Å². The largest absolute Gasteiger partial charge is 0.355 e. The van der Waals surface area contributed by atoms with Gasteiger partial charge in [0.05, 0.1) is 11.6 Å². The first kappa shape index (κ1) is 16.5. The maximum Gasteiger partial charge on any atom is 0.136 e. The van der Waals surface area contributed by atoms with Crippen molar-refractivity contribution in [3.8, 4) is 6.07 Å². The first-order chi connectivity index (χ1) is 12.1. The summed E-state index contributed by atoms with van der Waals surface area (Å²) in [5.41, 5.74) is 2.74. The molecule has 0 aliphatic rings.